The van der Waals surface area contributed by atoms with Gasteiger partial charge in [0.05, 0.1) is 6.04 Å². The molecule has 1 saturated heterocycles. The van der Waals surface area contributed by atoms with E-state index in [9.17, 15) is 0 Å². The average Bonchev–Trinajstić information content (AvgIpc) is 2.59. The summed E-state index contributed by atoms with van der Waals surface area (Å²) in [5.41, 5.74) is 0. The second-order valence-electron chi connectivity index (χ2n) is 2.62. The lowest BCUT2D eigenvalue weighted by molar-refractivity contribution is 0.612. The van der Waals surface area contributed by atoms with Gasteiger partial charge in [0.2, 0.25) is 0 Å². The van der Waals surface area contributed by atoms with Gasteiger partial charge in [0.1, 0.15) is 5.82 Å². The van der Waals surface area contributed by atoms with E-state index < -0.39 is 0 Å². The molecule has 0 amide bonds. The Morgan fingerprint density at radius 1 is 1.55 bits per heavy atom. The van der Waals surface area contributed by atoms with E-state index in [1.165, 1.54) is 12.8 Å². The van der Waals surface area contributed by atoms with Gasteiger partial charge in [0, 0.05) is 12.4 Å². The average molecular weight is 174 g/mol. The third-order valence-corrected chi connectivity index (χ3v) is 1.91. The highest BCUT2D eigenvalue weighted by molar-refractivity contribution is 5.85. The van der Waals surface area contributed by atoms with Crippen LogP contribution in [0.4, 0.5) is 0 Å². The normalized spacial score (nSPS) is 23.1. The Hall–Kier alpha value is -0.540. The van der Waals surface area contributed by atoms with E-state index in [2.05, 4.69) is 15.3 Å². The molecule has 11 heavy (non-hydrogen) atoms. The van der Waals surface area contributed by atoms with E-state index in [0.29, 0.717) is 6.04 Å². The SMILES string of the molecule is Cl.c1c[nH]c([C@@H]2CCCN2)n1. The van der Waals surface area contributed by atoms with Crippen molar-refractivity contribution in [1.82, 2.24) is 15.3 Å². The topological polar surface area (TPSA) is 40.7 Å². The van der Waals surface area contributed by atoms with Crippen LogP contribution in [0.3, 0.4) is 0 Å². The summed E-state index contributed by atoms with van der Waals surface area (Å²) in [6, 6.07) is 0.481. The smallest absolute Gasteiger partial charge is 0.123 e. The summed E-state index contributed by atoms with van der Waals surface area (Å²) in [7, 11) is 0. The lowest BCUT2D eigenvalue weighted by atomic mass is 10.2. The van der Waals surface area contributed by atoms with Crippen molar-refractivity contribution in [3.05, 3.63) is 18.2 Å². The first-order valence-corrected chi connectivity index (χ1v) is 3.69. The third-order valence-electron chi connectivity index (χ3n) is 1.91. The van der Waals surface area contributed by atoms with Gasteiger partial charge in [-0.05, 0) is 19.4 Å². The zero-order valence-electron chi connectivity index (χ0n) is 6.21. The maximum Gasteiger partial charge on any atom is 0.123 e. The minimum atomic E-state index is 0. The monoisotopic (exact) mass is 173 g/mol. The molecule has 2 N–H and O–H groups in total. The van der Waals surface area contributed by atoms with Crippen molar-refractivity contribution in [2.24, 2.45) is 0 Å². The van der Waals surface area contributed by atoms with Crippen LogP contribution in [-0.2, 0) is 0 Å². The fraction of sp³-hybridized carbons (Fsp3) is 0.571. The molecule has 2 rings (SSSR count). The number of hydrogen-bond acceptors (Lipinski definition) is 2. The number of nitrogens with one attached hydrogen (secondary N) is 2. The van der Waals surface area contributed by atoms with Crippen LogP contribution in [0, 0.1) is 0 Å². The first kappa shape index (κ1) is 8.56. The summed E-state index contributed by atoms with van der Waals surface area (Å²) in [6.45, 7) is 1.13. The quantitative estimate of drug-likeness (QED) is 0.672. The fourth-order valence-corrected chi connectivity index (χ4v) is 1.39. The molecule has 0 bridgehead atoms. The van der Waals surface area contributed by atoms with Gasteiger partial charge < -0.3 is 10.3 Å². The first-order chi connectivity index (χ1) is 4.97. The minimum Gasteiger partial charge on any atom is -0.347 e. The lowest BCUT2D eigenvalue weighted by Crippen LogP contribution is -2.13. The van der Waals surface area contributed by atoms with Crippen LogP contribution in [0.25, 0.3) is 0 Å². The second-order valence-corrected chi connectivity index (χ2v) is 2.62. The van der Waals surface area contributed by atoms with Crippen molar-refractivity contribution >= 4 is 12.4 Å². The zero-order valence-corrected chi connectivity index (χ0v) is 7.03. The number of halogens is 1. The van der Waals surface area contributed by atoms with Gasteiger partial charge in [-0.3, -0.25) is 0 Å². The molecule has 62 valence electrons. The number of imidazole rings is 1. The molecule has 1 aliphatic heterocycles. The van der Waals surface area contributed by atoms with Gasteiger partial charge >= 0.3 is 0 Å². The Morgan fingerprint density at radius 2 is 2.45 bits per heavy atom. The molecule has 0 spiro atoms. The molecule has 1 aliphatic rings. The summed E-state index contributed by atoms with van der Waals surface area (Å²) in [5.74, 6) is 1.08. The van der Waals surface area contributed by atoms with E-state index in [4.69, 9.17) is 0 Å². The molecule has 1 atom stereocenters. The molecule has 3 nitrogen and oxygen atoms in total. The molecule has 1 aromatic rings. The van der Waals surface area contributed by atoms with E-state index in [1.54, 1.807) is 6.20 Å². The van der Waals surface area contributed by atoms with Crippen molar-refractivity contribution in [2.75, 3.05) is 6.54 Å². The Balaban J connectivity index is 0.000000605. The molecule has 1 fully saturated rings. The van der Waals surface area contributed by atoms with E-state index in [1.807, 2.05) is 6.20 Å². The zero-order chi connectivity index (χ0) is 6.81. The molecular formula is C7H12ClN3. The highest BCUT2D eigenvalue weighted by Crippen LogP contribution is 2.18. The minimum absolute atomic E-state index is 0. The van der Waals surface area contributed by atoms with Crippen molar-refractivity contribution in [3.63, 3.8) is 0 Å². The number of aromatic amines is 1. The second kappa shape index (κ2) is 3.74. The van der Waals surface area contributed by atoms with E-state index >= 15 is 0 Å². The van der Waals surface area contributed by atoms with Crippen LogP contribution in [0.2, 0.25) is 0 Å². The van der Waals surface area contributed by atoms with Crippen LogP contribution in [-0.4, -0.2) is 16.5 Å². The molecule has 0 aromatic carbocycles. The molecular weight excluding hydrogens is 162 g/mol. The predicted molar refractivity (Wildman–Crippen MR) is 45.8 cm³/mol. The third kappa shape index (κ3) is 1.73. The molecule has 4 heteroatoms. The van der Waals surface area contributed by atoms with Crippen molar-refractivity contribution in [3.8, 4) is 0 Å². The number of rotatable bonds is 1. The van der Waals surface area contributed by atoms with Gasteiger partial charge in [0.25, 0.3) is 0 Å². The van der Waals surface area contributed by atoms with Crippen molar-refractivity contribution in [2.45, 2.75) is 18.9 Å². The summed E-state index contributed by atoms with van der Waals surface area (Å²) < 4.78 is 0. The van der Waals surface area contributed by atoms with Crippen molar-refractivity contribution in [1.29, 1.82) is 0 Å². The molecule has 2 heterocycles. The van der Waals surface area contributed by atoms with Crippen LogP contribution in [0.1, 0.15) is 24.7 Å². The van der Waals surface area contributed by atoms with E-state index in [-0.39, 0.29) is 12.4 Å². The van der Waals surface area contributed by atoms with Crippen LogP contribution < -0.4 is 5.32 Å². The van der Waals surface area contributed by atoms with Crippen LogP contribution in [0.5, 0.6) is 0 Å². The molecule has 1 aromatic heterocycles. The Labute approximate surface area is 72.0 Å². The Bertz CT molecular complexity index is 191. The molecule has 0 radical (unpaired) electrons. The lowest BCUT2D eigenvalue weighted by Gasteiger charge is -2.04. The highest BCUT2D eigenvalue weighted by atomic mass is 35.5. The van der Waals surface area contributed by atoms with Gasteiger partial charge in [-0.15, -0.1) is 12.4 Å². The molecule has 0 saturated carbocycles. The van der Waals surface area contributed by atoms with Gasteiger partial charge in [-0.2, -0.15) is 0 Å². The standard InChI is InChI=1S/C7H11N3.ClH/c1-2-6(8-3-1)7-9-4-5-10-7;/h4-6,8H,1-3H2,(H,9,10);1H/t6-;/m0./s1. The fourth-order valence-electron chi connectivity index (χ4n) is 1.39. The van der Waals surface area contributed by atoms with Gasteiger partial charge in [-0.1, -0.05) is 0 Å². The molecule has 0 unspecified atom stereocenters. The highest BCUT2D eigenvalue weighted by Gasteiger charge is 2.17. The summed E-state index contributed by atoms with van der Waals surface area (Å²) >= 11 is 0. The van der Waals surface area contributed by atoms with Crippen molar-refractivity contribution < 1.29 is 0 Å². The predicted octanol–water partition coefficient (Wildman–Crippen LogP) is 1.26. The first-order valence-electron chi connectivity index (χ1n) is 3.69. The Kier molecular flexibility index (Phi) is 2.91. The van der Waals surface area contributed by atoms with Gasteiger partial charge in [-0.25, -0.2) is 4.98 Å². The number of H-pyrrole nitrogens is 1. The van der Waals surface area contributed by atoms with Crippen LogP contribution in [0.15, 0.2) is 12.4 Å². The van der Waals surface area contributed by atoms with E-state index in [0.717, 1.165) is 12.4 Å². The maximum atomic E-state index is 4.18. The summed E-state index contributed by atoms with van der Waals surface area (Å²) in [6.07, 6.45) is 6.16. The van der Waals surface area contributed by atoms with Gasteiger partial charge in [0.15, 0.2) is 0 Å². The molecule has 0 aliphatic carbocycles. The van der Waals surface area contributed by atoms with Crippen LogP contribution >= 0.6 is 12.4 Å². The number of nitrogens with zero attached hydrogens (tertiary/aromatic N) is 1. The number of aromatic nitrogens is 2. The largest absolute Gasteiger partial charge is 0.347 e. The summed E-state index contributed by atoms with van der Waals surface area (Å²) in [4.78, 5) is 7.29. The maximum absolute atomic E-state index is 4.18. The Morgan fingerprint density at radius 3 is 3.00 bits per heavy atom. The summed E-state index contributed by atoms with van der Waals surface area (Å²) in [5, 5.41) is 3.37. The number of hydrogen-bond donors (Lipinski definition) is 2.